The largest absolute Gasteiger partial charge is 0.493 e. The van der Waals surface area contributed by atoms with Crippen LogP contribution in [0.5, 0.6) is 11.5 Å². The van der Waals surface area contributed by atoms with E-state index >= 15 is 0 Å². The van der Waals surface area contributed by atoms with Gasteiger partial charge in [0.05, 0.1) is 13.2 Å². The summed E-state index contributed by atoms with van der Waals surface area (Å²) in [6.45, 7) is 1.41. The third kappa shape index (κ3) is 8.21. The van der Waals surface area contributed by atoms with Gasteiger partial charge < -0.3 is 9.47 Å². The summed E-state index contributed by atoms with van der Waals surface area (Å²) in [4.78, 5) is 0. The first kappa shape index (κ1) is 34.2. The minimum atomic E-state index is -0.919. The van der Waals surface area contributed by atoms with E-state index < -0.39 is 15.8 Å². The number of benzene rings is 6. The van der Waals surface area contributed by atoms with Crippen LogP contribution in [0.25, 0.3) is 11.1 Å². The van der Waals surface area contributed by atoms with Crippen molar-refractivity contribution in [2.45, 2.75) is 51.4 Å². The molecular formula is C46H46O2P2. The fraction of sp³-hybridized carbons (Fsp3) is 0.217. The van der Waals surface area contributed by atoms with Crippen LogP contribution in [-0.2, 0) is 0 Å². The van der Waals surface area contributed by atoms with Gasteiger partial charge in [0.25, 0.3) is 0 Å². The average Bonchev–Trinajstić information content (AvgIpc) is 3.17. The summed E-state index contributed by atoms with van der Waals surface area (Å²) < 4.78 is 13.8. The topological polar surface area (TPSA) is 18.5 Å². The van der Waals surface area contributed by atoms with Gasteiger partial charge in [-0.1, -0.05) is 184 Å². The molecule has 0 atom stereocenters. The van der Waals surface area contributed by atoms with Crippen LogP contribution < -0.4 is 41.3 Å². The molecule has 2 nitrogen and oxygen atoms in total. The van der Waals surface area contributed by atoms with Crippen LogP contribution in [-0.4, -0.2) is 13.2 Å². The standard InChI is InChI=1S/C46H46O2P2/c1-2-4-6-20-36-48-42-32-22-34-44(50(39-27-15-9-16-28-39)40-29-17-10-18-30-40)46(42)45-41(47-35-19-5-3-1)31-21-33-43(45)49(37-23-11-7-12-24-37)38-25-13-8-14-26-38/h7-18,21-34H,1-6,19-20,35-36H2. The van der Waals surface area contributed by atoms with Gasteiger partial charge in [0, 0.05) is 11.1 Å². The van der Waals surface area contributed by atoms with Crippen molar-refractivity contribution >= 4 is 47.7 Å². The van der Waals surface area contributed by atoms with Crippen molar-refractivity contribution in [3.05, 3.63) is 158 Å². The SMILES string of the molecule is c1ccc(P(c2ccccc2)c2cccc3c2-c2c(cccc2P(c2ccccc2)c2ccccc2)OCCCCCCCCCCO3)cc1. The second kappa shape index (κ2) is 17.6. The Hall–Kier alpha value is -4.22. The summed E-state index contributed by atoms with van der Waals surface area (Å²) >= 11 is 0. The minimum absolute atomic E-state index is 0.704. The lowest BCUT2D eigenvalue weighted by Crippen LogP contribution is -2.26. The highest BCUT2D eigenvalue weighted by molar-refractivity contribution is 7.80. The molecule has 50 heavy (non-hydrogen) atoms. The highest BCUT2D eigenvalue weighted by Crippen LogP contribution is 2.47. The Labute approximate surface area is 301 Å². The van der Waals surface area contributed by atoms with Crippen molar-refractivity contribution in [2.24, 2.45) is 0 Å². The molecule has 0 amide bonds. The van der Waals surface area contributed by atoms with E-state index in [0.717, 1.165) is 24.3 Å². The van der Waals surface area contributed by atoms with Gasteiger partial charge in [-0.2, -0.15) is 0 Å². The summed E-state index contributed by atoms with van der Waals surface area (Å²) in [7, 11) is -1.84. The summed E-state index contributed by atoms with van der Waals surface area (Å²) in [5, 5.41) is 7.88. The molecule has 4 heteroatoms. The van der Waals surface area contributed by atoms with Crippen molar-refractivity contribution in [1.29, 1.82) is 0 Å². The first-order valence-electron chi connectivity index (χ1n) is 18.2. The van der Waals surface area contributed by atoms with Crippen LogP contribution in [0, 0.1) is 0 Å². The average molecular weight is 693 g/mol. The lowest BCUT2D eigenvalue weighted by Gasteiger charge is -2.29. The van der Waals surface area contributed by atoms with Crippen molar-refractivity contribution < 1.29 is 9.47 Å². The molecule has 0 bridgehead atoms. The number of hydrogen-bond donors (Lipinski definition) is 0. The quantitative estimate of drug-likeness (QED) is 0.162. The highest BCUT2D eigenvalue weighted by atomic mass is 31.1. The molecule has 0 fully saturated rings. The zero-order valence-electron chi connectivity index (χ0n) is 28.8. The van der Waals surface area contributed by atoms with Gasteiger partial charge in [-0.05, 0) is 72.6 Å². The van der Waals surface area contributed by atoms with Gasteiger partial charge in [0.2, 0.25) is 0 Å². The molecule has 0 spiro atoms. The van der Waals surface area contributed by atoms with E-state index in [9.17, 15) is 0 Å². The Kier molecular flexibility index (Phi) is 12.1. The first-order valence-corrected chi connectivity index (χ1v) is 20.9. The minimum Gasteiger partial charge on any atom is -0.493 e. The first-order chi connectivity index (χ1) is 24.9. The van der Waals surface area contributed by atoms with Crippen LogP contribution in [0.15, 0.2) is 158 Å². The third-order valence-electron chi connectivity index (χ3n) is 9.35. The Morgan fingerprint density at radius 1 is 0.300 bits per heavy atom. The maximum absolute atomic E-state index is 6.92. The Morgan fingerprint density at radius 2 is 0.600 bits per heavy atom. The van der Waals surface area contributed by atoms with Crippen LogP contribution in [0.1, 0.15) is 51.4 Å². The molecule has 6 aromatic carbocycles. The predicted octanol–water partition coefficient (Wildman–Crippen LogP) is 9.76. The molecule has 0 aromatic heterocycles. The normalized spacial score (nSPS) is 14.3. The van der Waals surface area contributed by atoms with E-state index in [1.807, 2.05) is 0 Å². The molecule has 7 rings (SSSR count). The van der Waals surface area contributed by atoms with E-state index in [2.05, 4.69) is 158 Å². The molecule has 0 saturated heterocycles. The summed E-state index contributed by atoms with van der Waals surface area (Å²) in [5.74, 6) is 1.89. The van der Waals surface area contributed by atoms with E-state index in [1.54, 1.807) is 0 Å². The monoisotopic (exact) mass is 692 g/mol. The Morgan fingerprint density at radius 3 is 0.920 bits per heavy atom. The van der Waals surface area contributed by atoms with Gasteiger partial charge in [-0.3, -0.25) is 0 Å². The van der Waals surface area contributed by atoms with Gasteiger partial charge >= 0.3 is 0 Å². The van der Waals surface area contributed by atoms with Gasteiger partial charge in [0.15, 0.2) is 0 Å². The van der Waals surface area contributed by atoms with E-state index in [-0.39, 0.29) is 0 Å². The predicted molar refractivity (Wildman–Crippen MR) is 217 cm³/mol. The molecule has 1 aliphatic heterocycles. The molecule has 1 heterocycles. The molecule has 1 aliphatic rings. The van der Waals surface area contributed by atoms with Crippen LogP contribution in [0.4, 0.5) is 0 Å². The maximum Gasteiger partial charge on any atom is 0.127 e. The smallest absolute Gasteiger partial charge is 0.127 e. The lowest BCUT2D eigenvalue weighted by molar-refractivity contribution is 0.298. The van der Waals surface area contributed by atoms with Crippen molar-refractivity contribution in [3.8, 4) is 22.6 Å². The molecule has 0 saturated carbocycles. The number of ether oxygens (including phenoxy) is 2. The molecule has 0 radical (unpaired) electrons. The maximum atomic E-state index is 6.92. The highest BCUT2D eigenvalue weighted by Gasteiger charge is 2.30. The van der Waals surface area contributed by atoms with Gasteiger partial charge in [0.1, 0.15) is 11.5 Å². The van der Waals surface area contributed by atoms with Crippen molar-refractivity contribution in [1.82, 2.24) is 0 Å². The fourth-order valence-corrected chi connectivity index (χ4v) is 11.9. The van der Waals surface area contributed by atoms with E-state index in [1.165, 1.54) is 81.5 Å². The zero-order chi connectivity index (χ0) is 33.8. The lowest BCUT2D eigenvalue weighted by atomic mass is 10.0. The summed E-state index contributed by atoms with van der Waals surface area (Å²) in [6.07, 6.45) is 9.66. The second-order valence-electron chi connectivity index (χ2n) is 12.8. The van der Waals surface area contributed by atoms with Crippen molar-refractivity contribution in [3.63, 3.8) is 0 Å². The van der Waals surface area contributed by atoms with Crippen molar-refractivity contribution in [2.75, 3.05) is 13.2 Å². The third-order valence-corrected chi connectivity index (χ3v) is 14.3. The van der Waals surface area contributed by atoms with E-state index in [4.69, 9.17) is 9.47 Å². The molecule has 0 unspecified atom stereocenters. The zero-order valence-corrected chi connectivity index (χ0v) is 30.6. The van der Waals surface area contributed by atoms with Gasteiger partial charge in [-0.25, -0.2) is 0 Å². The summed E-state index contributed by atoms with van der Waals surface area (Å²) in [6, 6.07) is 57.6. The Bertz CT molecular complexity index is 1690. The van der Waals surface area contributed by atoms with Gasteiger partial charge in [-0.15, -0.1) is 0 Å². The fourth-order valence-electron chi connectivity index (χ4n) is 6.95. The molecule has 0 N–H and O–H groups in total. The number of fused-ring (bicyclic) bond motifs is 3. The second-order valence-corrected chi connectivity index (χ2v) is 17.2. The number of hydrogen-bond acceptors (Lipinski definition) is 2. The Balaban J connectivity index is 1.51. The van der Waals surface area contributed by atoms with Crippen LogP contribution >= 0.6 is 15.8 Å². The van der Waals surface area contributed by atoms with Crippen LogP contribution in [0.2, 0.25) is 0 Å². The number of rotatable bonds is 6. The summed E-state index contributed by atoms with van der Waals surface area (Å²) in [5.41, 5.74) is 2.34. The van der Waals surface area contributed by atoms with Crippen LogP contribution in [0.3, 0.4) is 0 Å². The van der Waals surface area contributed by atoms with E-state index in [0.29, 0.717) is 13.2 Å². The molecule has 6 aromatic rings. The molecular weight excluding hydrogens is 646 g/mol. The molecule has 252 valence electrons. The molecule has 0 aliphatic carbocycles.